The molecule has 0 aliphatic rings. The molecule has 0 atom stereocenters. The number of carbonyl (C=O) groups excluding carboxylic acids is 1. The number of carbonyl (C=O) groups is 1. The fraction of sp³-hybridized carbons (Fsp3) is 0.174. The summed E-state index contributed by atoms with van der Waals surface area (Å²) in [4.78, 5) is 13.0. The second kappa shape index (κ2) is 8.49. The van der Waals surface area contributed by atoms with Crippen LogP contribution in [0.2, 0.25) is 0 Å². The van der Waals surface area contributed by atoms with Crippen LogP contribution in [-0.2, 0) is 16.6 Å². The Bertz CT molecular complexity index is 1110. The number of hydrogen-bond donors (Lipinski definition) is 1. The van der Waals surface area contributed by atoms with E-state index in [1.807, 2.05) is 62.4 Å². The van der Waals surface area contributed by atoms with Crippen LogP contribution in [-0.4, -0.2) is 20.6 Å². The van der Waals surface area contributed by atoms with Crippen molar-refractivity contribution in [2.75, 3.05) is 15.9 Å². The van der Waals surface area contributed by atoms with Crippen molar-refractivity contribution in [1.82, 2.24) is 0 Å². The molecule has 0 aliphatic heterocycles. The summed E-state index contributed by atoms with van der Waals surface area (Å²) in [6.07, 6.45) is 1.15. The molecule has 0 radical (unpaired) electrons. The highest BCUT2D eigenvalue weighted by Gasteiger charge is 2.23. The first-order valence-electron chi connectivity index (χ1n) is 9.24. The Morgan fingerprint density at radius 2 is 1.48 bits per heavy atom. The molecule has 6 heteroatoms. The third-order valence-corrected chi connectivity index (χ3v) is 5.59. The second-order valence-corrected chi connectivity index (χ2v) is 9.01. The average molecular weight is 409 g/mol. The van der Waals surface area contributed by atoms with Gasteiger partial charge in [-0.2, -0.15) is 0 Å². The molecule has 29 heavy (non-hydrogen) atoms. The van der Waals surface area contributed by atoms with E-state index in [2.05, 4.69) is 5.32 Å². The summed E-state index contributed by atoms with van der Waals surface area (Å²) in [5, 5.41) is 2.89. The zero-order valence-electron chi connectivity index (χ0n) is 16.7. The van der Waals surface area contributed by atoms with Gasteiger partial charge in [-0.3, -0.25) is 9.10 Å². The molecular formula is C23H24N2O3S. The zero-order valence-corrected chi connectivity index (χ0v) is 17.5. The Morgan fingerprint density at radius 3 is 2.10 bits per heavy atom. The molecule has 1 N–H and O–H groups in total. The normalized spacial score (nSPS) is 11.1. The fourth-order valence-corrected chi connectivity index (χ4v) is 4.16. The molecule has 0 unspecified atom stereocenters. The molecule has 1 amide bonds. The Morgan fingerprint density at radius 1 is 0.897 bits per heavy atom. The summed E-state index contributed by atoms with van der Waals surface area (Å²) in [6, 6.07) is 21.8. The van der Waals surface area contributed by atoms with Crippen molar-refractivity contribution in [2.24, 2.45) is 0 Å². The van der Waals surface area contributed by atoms with Crippen LogP contribution in [0.15, 0.2) is 72.8 Å². The molecule has 0 spiro atoms. The highest BCUT2D eigenvalue weighted by Crippen LogP contribution is 2.26. The molecule has 5 nitrogen and oxygen atoms in total. The summed E-state index contributed by atoms with van der Waals surface area (Å²) in [5.74, 6) is -0.354. The van der Waals surface area contributed by atoms with Crippen molar-refractivity contribution >= 4 is 27.3 Å². The SMILES string of the molecule is Cc1cc(C)cc(NC(=O)c2ccccc2N(Cc2ccccc2)S(C)(=O)=O)c1. The van der Waals surface area contributed by atoms with E-state index in [0.29, 0.717) is 16.9 Å². The number of para-hydroxylation sites is 1. The molecule has 0 heterocycles. The van der Waals surface area contributed by atoms with Crippen molar-refractivity contribution in [1.29, 1.82) is 0 Å². The lowest BCUT2D eigenvalue weighted by Crippen LogP contribution is -2.31. The molecule has 150 valence electrons. The van der Waals surface area contributed by atoms with Crippen LogP contribution in [0.25, 0.3) is 0 Å². The number of anilines is 2. The van der Waals surface area contributed by atoms with E-state index in [4.69, 9.17) is 0 Å². The minimum atomic E-state index is -3.61. The predicted octanol–water partition coefficient (Wildman–Crippen LogP) is 4.52. The topological polar surface area (TPSA) is 66.5 Å². The molecule has 0 bridgehead atoms. The smallest absolute Gasteiger partial charge is 0.257 e. The maximum Gasteiger partial charge on any atom is 0.257 e. The number of sulfonamides is 1. The van der Waals surface area contributed by atoms with Crippen molar-refractivity contribution in [3.05, 3.63) is 95.1 Å². The number of nitrogens with zero attached hydrogens (tertiary/aromatic N) is 1. The van der Waals surface area contributed by atoms with Crippen molar-refractivity contribution in [2.45, 2.75) is 20.4 Å². The molecule has 0 saturated heterocycles. The third-order valence-electron chi connectivity index (χ3n) is 4.47. The van der Waals surface area contributed by atoms with Gasteiger partial charge < -0.3 is 5.32 Å². The number of benzene rings is 3. The maximum atomic E-state index is 13.0. The summed E-state index contributed by atoms with van der Waals surface area (Å²) < 4.78 is 26.4. The quantitative estimate of drug-likeness (QED) is 0.652. The predicted molar refractivity (Wildman–Crippen MR) is 118 cm³/mol. The van der Waals surface area contributed by atoms with Crippen LogP contribution < -0.4 is 9.62 Å². The highest BCUT2D eigenvalue weighted by molar-refractivity contribution is 7.92. The molecule has 0 aliphatic carbocycles. The molecule has 3 aromatic rings. The third kappa shape index (κ3) is 5.23. The van der Waals surface area contributed by atoms with Gasteiger partial charge >= 0.3 is 0 Å². The lowest BCUT2D eigenvalue weighted by atomic mass is 10.1. The molecule has 0 aromatic heterocycles. The number of aryl methyl sites for hydroxylation is 2. The Balaban J connectivity index is 1.98. The van der Waals surface area contributed by atoms with E-state index < -0.39 is 10.0 Å². The first-order valence-corrected chi connectivity index (χ1v) is 11.1. The molecule has 0 saturated carbocycles. The van der Waals surface area contributed by atoms with E-state index in [0.717, 1.165) is 22.9 Å². The van der Waals surface area contributed by atoms with Crippen LogP contribution in [0.5, 0.6) is 0 Å². The van der Waals surface area contributed by atoms with E-state index in [-0.39, 0.29) is 12.5 Å². The zero-order chi connectivity index (χ0) is 21.0. The summed E-state index contributed by atoms with van der Waals surface area (Å²) >= 11 is 0. The van der Waals surface area contributed by atoms with Crippen molar-refractivity contribution in [3.8, 4) is 0 Å². The van der Waals surface area contributed by atoms with Crippen molar-refractivity contribution in [3.63, 3.8) is 0 Å². The van der Waals surface area contributed by atoms with E-state index in [1.165, 1.54) is 4.31 Å². The molecule has 0 fully saturated rings. The molecule has 3 rings (SSSR count). The maximum absolute atomic E-state index is 13.0. The van der Waals surface area contributed by atoms with Gasteiger partial charge in [0.15, 0.2) is 0 Å². The van der Waals surface area contributed by atoms with Crippen LogP contribution in [0.4, 0.5) is 11.4 Å². The number of hydrogen-bond acceptors (Lipinski definition) is 3. The number of amides is 1. The first kappa shape index (κ1) is 20.6. The summed E-state index contributed by atoms with van der Waals surface area (Å²) in [6.45, 7) is 4.07. The van der Waals surface area contributed by atoms with Gasteiger partial charge in [0.05, 0.1) is 24.1 Å². The van der Waals surface area contributed by atoms with E-state index in [1.54, 1.807) is 24.3 Å². The van der Waals surface area contributed by atoms with Gasteiger partial charge in [0.25, 0.3) is 5.91 Å². The van der Waals surface area contributed by atoms with E-state index >= 15 is 0 Å². The van der Waals surface area contributed by atoms with Gasteiger partial charge in [-0.15, -0.1) is 0 Å². The van der Waals surface area contributed by atoms with E-state index in [9.17, 15) is 13.2 Å². The average Bonchev–Trinajstić information content (AvgIpc) is 2.65. The van der Waals surface area contributed by atoms with Gasteiger partial charge in [-0.05, 0) is 54.8 Å². The first-order chi connectivity index (χ1) is 13.7. The van der Waals surface area contributed by atoms with Crippen LogP contribution in [0.3, 0.4) is 0 Å². The monoisotopic (exact) mass is 408 g/mol. The summed E-state index contributed by atoms with van der Waals surface area (Å²) in [5.41, 5.74) is 4.23. The largest absolute Gasteiger partial charge is 0.322 e. The van der Waals surface area contributed by atoms with Crippen LogP contribution in [0.1, 0.15) is 27.0 Å². The fourth-order valence-electron chi connectivity index (χ4n) is 3.26. The standard InChI is InChI=1S/C23H24N2O3S/c1-17-13-18(2)15-20(14-17)24-23(26)21-11-7-8-12-22(21)25(29(3,27)28)16-19-9-5-4-6-10-19/h4-15H,16H2,1-3H3,(H,24,26). The van der Waals surface area contributed by atoms with Gasteiger partial charge in [0.2, 0.25) is 10.0 Å². The molecule has 3 aromatic carbocycles. The van der Waals surface area contributed by atoms with Gasteiger partial charge in [-0.1, -0.05) is 48.5 Å². The highest BCUT2D eigenvalue weighted by atomic mass is 32.2. The lowest BCUT2D eigenvalue weighted by molar-refractivity contribution is 0.102. The second-order valence-electron chi connectivity index (χ2n) is 7.10. The number of rotatable bonds is 6. The lowest BCUT2D eigenvalue weighted by Gasteiger charge is -2.25. The van der Waals surface area contributed by atoms with Crippen LogP contribution in [0, 0.1) is 13.8 Å². The Kier molecular flexibility index (Phi) is 6.03. The minimum Gasteiger partial charge on any atom is -0.322 e. The van der Waals surface area contributed by atoms with Gasteiger partial charge in [-0.25, -0.2) is 8.42 Å². The molecular weight excluding hydrogens is 384 g/mol. The van der Waals surface area contributed by atoms with Gasteiger partial charge in [0.1, 0.15) is 0 Å². The van der Waals surface area contributed by atoms with Crippen molar-refractivity contribution < 1.29 is 13.2 Å². The van der Waals surface area contributed by atoms with Crippen LogP contribution >= 0.6 is 0 Å². The summed E-state index contributed by atoms with van der Waals surface area (Å²) in [7, 11) is -3.61. The Labute approximate surface area is 172 Å². The minimum absolute atomic E-state index is 0.146. The number of nitrogens with one attached hydrogen (secondary N) is 1. The van der Waals surface area contributed by atoms with Gasteiger partial charge in [0, 0.05) is 5.69 Å². The Hall–Kier alpha value is -3.12.